The van der Waals surface area contributed by atoms with Gasteiger partial charge in [0.25, 0.3) is 0 Å². The normalized spacial score (nSPS) is 19.0. The Bertz CT molecular complexity index is 454. The molecule has 0 aromatic heterocycles. The van der Waals surface area contributed by atoms with E-state index in [4.69, 9.17) is 0 Å². The lowest BCUT2D eigenvalue weighted by Gasteiger charge is -2.28. The smallest absolute Gasteiger partial charge is 0.153 e. The van der Waals surface area contributed by atoms with Crippen LogP contribution in [0.2, 0.25) is 0 Å². The average Bonchev–Trinajstić information content (AvgIpc) is 2.31. The second-order valence-corrected chi connectivity index (χ2v) is 6.52. The molecule has 0 spiro atoms. The van der Waals surface area contributed by atoms with Crippen LogP contribution in [0, 0.1) is 0 Å². The molecule has 1 saturated heterocycles. The number of benzene rings is 1. The van der Waals surface area contributed by atoms with Crippen LogP contribution in [0.4, 0.5) is 11.4 Å². The number of rotatable bonds is 3. The van der Waals surface area contributed by atoms with E-state index >= 15 is 0 Å². The molecule has 1 aromatic carbocycles. The molecule has 2 rings (SSSR count). The van der Waals surface area contributed by atoms with Crippen LogP contribution in [-0.2, 0) is 9.84 Å². The second-order valence-electron chi connectivity index (χ2n) is 4.22. The van der Waals surface area contributed by atoms with Crippen LogP contribution < -0.4 is 10.2 Å². The summed E-state index contributed by atoms with van der Waals surface area (Å²) in [5.74, 6) is 0.532. The standard InChI is InChI=1S/C12H18N2O2S/c1-2-13-11-3-5-12(6-4-11)14-7-9-17(15,16)10-8-14/h3-6,13H,2,7-10H2,1H3. The predicted molar refractivity (Wildman–Crippen MR) is 71.5 cm³/mol. The van der Waals surface area contributed by atoms with Gasteiger partial charge in [-0.1, -0.05) is 0 Å². The minimum Gasteiger partial charge on any atom is -0.385 e. The van der Waals surface area contributed by atoms with Crippen molar-refractivity contribution in [3.8, 4) is 0 Å². The highest BCUT2D eigenvalue weighted by Gasteiger charge is 2.21. The number of anilines is 2. The van der Waals surface area contributed by atoms with Gasteiger partial charge in [-0.2, -0.15) is 0 Å². The highest BCUT2D eigenvalue weighted by atomic mass is 32.2. The van der Waals surface area contributed by atoms with Gasteiger partial charge in [0, 0.05) is 31.0 Å². The van der Waals surface area contributed by atoms with Gasteiger partial charge in [0.1, 0.15) is 0 Å². The van der Waals surface area contributed by atoms with Crippen molar-refractivity contribution < 1.29 is 8.42 Å². The lowest BCUT2D eigenvalue weighted by Crippen LogP contribution is -2.40. The van der Waals surface area contributed by atoms with Crippen molar-refractivity contribution >= 4 is 21.2 Å². The molecule has 0 amide bonds. The van der Waals surface area contributed by atoms with Gasteiger partial charge in [0.15, 0.2) is 9.84 Å². The van der Waals surface area contributed by atoms with E-state index in [2.05, 4.69) is 17.1 Å². The van der Waals surface area contributed by atoms with Gasteiger partial charge in [-0.05, 0) is 31.2 Å². The SMILES string of the molecule is CCNc1ccc(N2CCS(=O)(=O)CC2)cc1. The Kier molecular flexibility index (Phi) is 3.57. The summed E-state index contributed by atoms with van der Waals surface area (Å²) < 4.78 is 22.7. The van der Waals surface area contributed by atoms with Gasteiger partial charge >= 0.3 is 0 Å². The quantitative estimate of drug-likeness (QED) is 0.884. The van der Waals surface area contributed by atoms with Gasteiger partial charge in [-0.15, -0.1) is 0 Å². The zero-order valence-corrected chi connectivity index (χ0v) is 10.8. The summed E-state index contributed by atoms with van der Waals surface area (Å²) in [6, 6.07) is 8.13. The maximum Gasteiger partial charge on any atom is 0.153 e. The van der Waals surface area contributed by atoms with Crippen LogP contribution in [0.25, 0.3) is 0 Å². The van der Waals surface area contributed by atoms with E-state index in [1.54, 1.807) is 0 Å². The summed E-state index contributed by atoms with van der Waals surface area (Å²) in [6.07, 6.45) is 0. The molecule has 94 valence electrons. The summed E-state index contributed by atoms with van der Waals surface area (Å²) in [5.41, 5.74) is 2.20. The Balaban J connectivity index is 2.03. The molecule has 4 nitrogen and oxygen atoms in total. The fraction of sp³-hybridized carbons (Fsp3) is 0.500. The van der Waals surface area contributed by atoms with E-state index in [1.165, 1.54) is 0 Å². The molecular formula is C12H18N2O2S. The zero-order valence-electron chi connectivity index (χ0n) is 10.0. The van der Waals surface area contributed by atoms with Gasteiger partial charge in [0.05, 0.1) is 11.5 Å². The van der Waals surface area contributed by atoms with E-state index in [-0.39, 0.29) is 11.5 Å². The van der Waals surface area contributed by atoms with Gasteiger partial charge in [0.2, 0.25) is 0 Å². The van der Waals surface area contributed by atoms with E-state index in [0.29, 0.717) is 13.1 Å². The predicted octanol–water partition coefficient (Wildman–Crippen LogP) is 1.35. The third-order valence-corrected chi connectivity index (χ3v) is 4.57. The second kappa shape index (κ2) is 4.96. The van der Waals surface area contributed by atoms with E-state index in [1.807, 2.05) is 24.3 Å². The summed E-state index contributed by atoms with van der Waals surface area (Å²) in [7, 11) is -2.79. The third kappa shape index (κ3) is 3.12. The number of sulfone groups is 1. The molecule has 0 unspecified atom stereocenters. The van der Waals surface area contributed by atoms with E-state index in [9.17, 15) is 8.42 Å². The number of nitrogens with one attached hydrogen (secondary N) is 1. The summed E-state index contributed by atoms with van der Waals surface area (Å²) >= 11 is 0. The van der Waals surface area contributed by atoms with Crippen molar-refractivity contribution in [2.75, 3.05) is 41.4 Å². The molecule has 1 aliphatic heterocycles. The van der Waals surface area contributed by atoms with E-state index in [0.717, 1.165) is 17.9 Å². The monoisotopic (exact) mass is 254 g/mol. The molecule has 5 heteroatoms. The number of nitrogens with zero attached hydrogens (tertiary/aromatic N) is 1. The van der Waals surface area contributed by atoms with Crippen LogP contribution in [0.3, 0.4) is 0 Å². The fourth-order valence-electron chi connectivity index (χ4n) is 1.96. The Morgan fingerprint density at radius 3 is 2.29 bits per heavy atom. The maximum atomic E-state index is 11.3. The first-order valence-corrected chi connectivity index (χ1v) is 7.72. The van der Waals surface area contributed by atoms with Crippen LogP contribution in [0.5, 0.6) is 0 Å². The lowest BCUT2D eigenvalue weighted by atomic mass is 10.2. The Labute approximate surface area is 103 Å². The molecule has 0 saturated carbocycles. The highest BCUT2D eigenvalue weighted by Crippen LogP contribution is 2.19. The van der Waals surface area contributed by atoms with Crippen molar-refractivity contribution in [3.05, 3.63) is 24.3 Å². The average molecular weight is 254 g/mol. The third-order valence-electron chi connectivity index (χ3n) is 2.96. The summed E-state index contributed by atoms with van der Waals surface area (Å²) in [4.78, 5) is 2.12. The molecule has 1 fully saturated rings. The molecule has 1 N–H and O–H groups in total. The van der Waals surface area contributed by atoms with Crippen LogP contribution in [0.15, 0.2) is 24.3 Å². The van der Waals surface area contributed by atoms with Crippen molar-refractivity contribution in [3.63, 3.8) is 0 Å². The van der Waals surface area contributed by atoms with Crippen LogP contribution in [0.1, 0.15) is 6.92 Å². The molecule has 1 aliphatic rings. The Morgan fingerprint density at radius 1 is 1.18 bits per heavy atom. The minimum atomic E-state index is -2.79. The first-order chi connectivity index (χ1) is 8.11. The molecule has 1 heterocycles. The van der Waals surface area contributed by atoms with Crippen molar-refractivity contribution in [1.29, 1.82) is 0 Å². The largest absolute Gasteiger partial charge is 0.385 e. The molecule has 1 aromatic rings. The fourth-order valence-corrected chi connectivity index (χ4v) is 3.17. The molecule has 17 heavy (non-hydrogen) atoms. The number of hydrogen-bond acceptors (Lipinski definition) is 4. The first kappa shape index (κ1) is 12.2. The van der Waals surface area contributed by atoms with Gasteiger partial charge < -0.3 is 10.2 Å². The summed E-state index contributed by atoms with van der Waals surface area (Å²) in [5, 5.41) is 3.24. The lowest BCUT2D eigenvalue weighted by molar-refractivity contribution is 0.587. The Morgan fingerprint density at radius 2 is 1.76 bits per heavy atom. The van der Waals surface area contributed by atoms with Gasteiger partial charge in [-0.25, -0.2) is 8.42 Å². The van der Waals surface area contributed by atoms with Crippen LogP contribution in [-0.4, -0.2) is 39.6 Å². The van der Waals surface area contributed by atoms with Crippen molar-refractivity contribution in [1.82, 2.24) is 0 Å². The maximum absolute atomic E-state index is 11.3. The summed E-state index contributed by atoms with van der Waals surface area (Å²) in [6.45, 7) is 4.16. The van der Waals surface area contributed by atoms with Crippen molar-refractivity contribution in [2.24, 2.45) is 0 Å². The van der Waals surface area contributed by atoms with Gasteiger partial charge in [-0.3, -0.25) is 0 Å². The highest BCUT2D eigenvalue weighted by molar-refractivity contribution is 7.91. The molecule has 0 atom stereocenters. The number of hydrogen-bond donors (Lipinski definition) is 1. The van der Waals surface area contributed by atoms with E-state index < -0.39 is 9.84 Å². The molecule has 0 radical (unpaired) electrons. The topological polar surface area (TPSA) is 49.4 Å². The Hall–Kier alpha value is -1.23. The molecule has 0 aliphatic carbocycles. The first-order valence-electron chi connectivity index (χ1n) is 5.90. The molecular weight excluding hydrogens is 236 g/mol. The van der Waals surface area contributed by atoms with Crippen LogP contribution >= 0.6 is 0 Å². The van der Waals surface area contributed by atoms with Crippen molar-refractivity contribution in [2.45, 2.75) is 6.92 Å². The zero-order chi connectivity index (χ0) is 12.3. The minimum absolute atomic E-state index is 0.266. The molecule has 0 bridgehead atoms.